The van der Waals surface area contributed by atoms with Gasteiger partial charge in [0.1, 0.15) is 0 Å². The van der Waals surface area contributed by atoms with E-state index in [1.807, 2.05) is 13.8 Å². The van der Waals surface area contributed by atoms with Gasteiger partial charge in [0.15, 0.2) is 0 Å². The molecule has 0 saturated heterocycles. The maximum absolute atomic E-state index is 13.1. The minimum absolute atomic E-state index is 0.0596. The number of nitrogens with zero attached hydrogens (tertiary/aromatic N) is 2. The second kappa shape index (κ2) is 12.5. The lowest BCUT2D eigenvalue weighted by Crippen LogP contribution is -2.33. The topological polar surface area (TPSA) is 74.8 Å². The van der Waals surface area contributed by atoms with Crippen LogP contribution in [0.15, 0.2) is 107 Å². The normalized spacial score (nSPS) is 12.0. The predicted molar refractivity (Wildman–Crippen MR) is 136 cm³/mol. The van der Waals surface area contributed by atoms with E-state index < -0.39 is 20.0 Å². The first-order chi connectivity index (χ1) is 16.1. The molecule has 0 aliphatic heterocycles. The molecule has 0 spiro atoms. The van der Waals surface area contributed by atoms with Gasteiger partial charge in [0.2, 0.25) is 20.0 Å². The van der Waals surface area contributed by atoms with Gasteiger partial charge in [0.05, 0.1) is 9.79 Å². The molecule has 2 aromatic carbocycles. The van der Waals surface area contributed by atoms with Crippen LogP contribution in [0.5, 0.6) is 0 Å². The van der Waals surface area contributed by atoms with E-state index in [1.54, 1.807) is 60.7 Å². The smallest absolute Gasteiger partial charge is 0.207 e. The molecule has 0 aromatic heterocycles. The van der Waals surface area contributed by atoms with E-state index in [1.165, 1.54) is 20.8 Å². The number of hydrogen-bond donors (Lipinski definition) is 0. The molecule has 34 heavy (non-hydrogen) atoms. The fourth-order valence-electron chi connectivity index (χ4n) is 2.98. The third-order valence-electron chi connectivity index (χ3n) is 4.98. The van der Waals surface area contributed by atoms with E-state index in [0.717, 1.165) is 11.1 Å². The van der Waals surface area contributed by atoms with Crippen molar-refractivity contribution in [2.24, 2.45) is 0 Å². The highest BCUT2D eigenvalue weighted by Crippen LogP contribution is 2.18. The quantitative estimate of drug-likeness (QED) is 0.324. The molecule has 0 saturated carbocycles. The summed E-state index contributed by atoms with van der Waals surface area (Å²) in [7, 11) is -7.51. The van der Waals surface area contributed by atoms with Crippen molar-refractivity contribution in [2.75, 3.05) is 26.2 Å². The standard InChI is InChI=1S/C26H30N2O4S2/c1-5-7-19-27(33(29,30)25-15-11-23(3)12-16-25)21-9-10-22-28(20-8-6-2)34(31,32)26-17-13-24(4)14-18-26/h7-18H,1-2,19-22H2,3-4H3/b10-9+. The van der Waals surface area contributed by atoms with Crippen molar-refractivity contribution < 1.29 is 16.8 Å². The molecule has 2 rings (SSSR count). The minimum atomic E-state index is -3.75. The maximum atomic E-state index is 13.1. The first kappa shape index (κ1) is 27.3. The summed E-state index contributed by atoms with van der Waals surface area (Å²) in [4.78, 5) is 0.368. The summed E-state index contributed by atoms with van der Waals surface area (Å²) >= 11 is 0. The summed E-state index contributed by atoms with van der Waals surface area (Å²) in [6.45, 7) is 11.1. The number of aryl methyl sites for hydroxylation is 2. The molecule has 0 aliphatic rings. The van der Waals surface area contributed by atoms with E-state index in [-0.39, 0.29) is 36.0 Å². The molecule has 0 aliphatic carbocycles. The zero-order valence-corrected chi connectivity index (χ0v) is 21.1. The van der Waals surface area contributed by atoms with Crippen molar-refractivity contribution in [3.05, 3.63) is 109 Å². The molecule has 0 radical (unpaired) electrons. The van der Waals surface area contributed by atoms with Gasteiger partial charge < -0.3 is 0 Å². The van der Waals surface area contributed by atoms with Crippen LogP contribution < -0.4 is 0 Å². The zero-order valence-electron chi connectivity index (χ0n) is 19.5. The van der Waals surface area contributed by atoms with Gasteiger partial charge in [0.25, 0.3) is 0 Å². The highest BCUT2D eigenvalue weighted by molar-refractivity contribution is 7.89. The maximum Gasteiger partial charge on any atom is 0.243 e. The van der Waals surface area contributed by atoms with E-state index in [9.17, 15) is 16.8 Å². The van der Waals surface area contributed by atoms with Gasteiger partial charge in [-0.1, -0.05) is 60.7 Å². The summed E-state index contributed by atoms with van der Waals surface area (Å²) in [5, 5.41) is 0. The molecule has 0 unspecified atom stereocenters. The van der Waals surface area contributed by atoms with Crippen molar-refractivity contribution >= 4 is 20.0 Å². The van der Waals surface area contributed by atoms with Crippen molar-refractivity contribution in [3.8, 4) is 0 Å². The molecule has 0 atom stereocenters. The minimum Gasteiger partial charge on any atom is -0.207 e. The Morgan fingerprint density at radius 1 is 0.647 bits per heavy atom. The summed E-state index contributed by atoms with van der Waals surface area (Å²) in [5.41, 5.74) is 7.11. The first-order valence-electron chi connectivity index (χ1n) is 10.6. The third kappa shape index (κ3) is 7.27. The molecular formula is C26H30N2O4S2. The molecule has 6 nitrogen and oxygen atoms in total. The summed E-state index contributed by atoms with van der Waals surface area (Å²) in [5.74, 6) is 0. The average molecular weight is 499 g/mol. The van der Waals surface area contributed by atoms with Gasteiger partial charge >= 0.3 is 0 Å². The number of benzene rings is 2. The molecule has 0 N–H and O–H groups in total. The largest absolute Gasteiger partial charge is 0.243 e. The van der Waals surface area contributed by atoms with Crippen LogP contribution in [0.4, 0.5) is 0 Å². The summed E-state index contributed by atoms with van der Waals surface area (Å²) in [6, 6.07) is 13.2. The Morgan fingerprint density at radius 3 is 1.26 bits per heavy atom. The van der Waals surface area contributed by atoms with E-state index in [4.69, 9.17) is 0 Å². The van der Waals surface area contributed by atoms with E-state index in [0.29, 0.717) is 0 Å². The fourth-order valence-corrected chi connectivity index (χ4v) is 5.64. The lowest BCUT2D eigenvalue weighted by Gasteiger charge is -2.20. The molecule has 0 fully saturated rings. The van der Waals surface area contributed by atoms with Gasteiger partial charge in [-0.25, -0.2) is 16.8 Å². The van der Waals surface area contributed by atoms with Crippen molar-refractivity contribution in [1.29, 1.82) is 0 Å². The first-order valence-corrected chi connectivity index (χ1v) is 13.5. The lowest BCUT2D eigenvalue weighted by molar-refractivity contribution is 0.465. The lowest BCUT2D eigenvalue weighted by atomic mass is 10.2. The van der Waals surface area contributed by atoms with Crippen LogP contribution in [-0.2, 0) is 20.0 Å². The Balaban J connectivity index is 2.23. The molecular weight excluding hydrogens is 468 g/mol. The third-order valence-corrected chi connectivity index (χ3v) is 8.67. The summed E-state index contributed by atoms with van der Waals surface area (Å²) in [6.07, 6.45) is 6.33. The fraction of sp³-hybridized carbons (Fsp3) is 0.231. The highest BCUT2D eigenvalue weighted by Gasteiger charge is 2.24. The number of rotatable bonds is 12. The molecule has 0 bridgehead atoms. The van der Waals surface area contributed by atoms with Crippen molar-refractivity contribution in [1.82, 2.24) is 8.61 Å². The van der Waals surface area contributed by atoms with Crippen LogP contribution in [0, 0.1) is 13.8 Å². The van der Waals surface area contributed by atoms with Crippen LogP contribution in [0.3, 0.4) is 0 Å². The predicted octanol–water partition coefficient (Wildman–Crippen LogP) is 4.22. The number of sulfonamides is 2. The van der Waals surface area contributed by atoms with Gasteiger partial charge in [-0.3, -0.25) is 0 Å². The Labute approximate surface area is 203 Å². The molecule has 8 heteroatoms. The monoisotopic (exact) mass is 498 g/mol. The highest BCUT2D eigenvalue weighted by atomic mass is 32.2. The molecule has 180 valence electrons. The van der Waals surface area contributed by atoms with Crippen LogP contribution in [-0.4, -0.2) is 51.6 Å². The molecule has 0 amide bonds. The Kier molecular flexibility index (Phi) is 10.0. The van der Waals surface area contributed by atoms with Gasteiger partial charge in [-0.15, -0.1) is 11.5 Å². The summed E-state index contributed by atoms with van der Waals surface area (Å²) < 4.78 is 54.9. The van der Waals surface area contributed by atoms with E-state index >= 15 is 0 Å². The van der Waals surface area contributed by atoms with E-state index in [2.05, 4.69) is 24.6 Å². The second-order valence-corrected chi connectivity index (χ2v) is 11.4. The van der Waals surface area contributed by atoms with Crippen molar-refractivity contribution in [3.63, 3.8) is 0 Å². The average Bonchev–Trinajstić information content (AvgIpc) is 2.80. The second-order valence-electron chi connectivity index (χ2n) is 7.56. The zero-order chi connectivity index (χ0) is 25.2. The van der Waals surface area contributed by atoms with Crippen LogP contribution in [0.2, 0.25) is 0 Å². The Hall–Kier alpha value is -2.96. The number of hydrogen-bond acceptors (Lipinski definition) is 4. The van der Waals surface area contributed by atoms with Gasteiger partial charge in [-0.05, 0) is 50.3 Å². The molecule has 0 heterocycles. The van der Waals surface area contributed by atoms with Crippen molar-refractivity contribution in [2.45, 2.75) is 23.6 Å². The molecule has 2 aromatic rings. The van der Waals surface area contributed by atoms with Crippen LogP contribution in [0.25, 0.3) is 0 Å². The van der Waals surface area contributed by atoms with Gasteiger partial charge in [-0.2, -0.15) is 8.61 Å². The van der Waals surface area contributed by atoms with Crippen LogP contribution >= 0.6 is 0 Å². The van der Waals surface area contributed by atoms with Gasteiger partial charge in [0, 0.05) is 26.2 Å². The SMILES string of the molecule is C=C=CCN(C/C=C/CN(CC=C=C)S(=O)(=O)c1ccc(C)cc1)S(=O)(=O)c1ccc(C)cc1. The Bertz CT molecular complexity index is 1190. The van der Waals surface area contributed by atoms with Crippen LogP contribution in [0.1, 0.15) is 11.1 Å². The Morgan fingerprint density at radius 2 is 0.971 bits per heavy atom.